The first-order valence-corrected chi connectivity index (χ1v) is 5.42. The number of hydrogen-bond donors (Lipinski definition) is 1. The Morgan fingerprint density at radius 3 is 2.38 bits per heavy atom. The molecular formula is C13H20FNO. The summed E-state index contributed by atoms with van der Waals surface area (Å²) in [6.45, 7) is 4.03. The largest absolute Gasteiger partial charge is 0.396 e. The number of benzene rings is 1. The molecule has 3 heteroatoms. The van der Waals surface area contributed by atoms with E-state index in [1.54, 1.807) is 17.0 Å². The Morgan fingerprint density at radius 1 is 1.31 bits per heavy atom. The second kappa shape index (κ2) is 4.83. The predicted octanol–water partition coefficient (Wildman–Crippen LogP) is 2.45. The van der Waals surface area contributed by atoms with Crippen molar-refractivity contribution < 1.29 is 9.50 Å². The predicted molar refractivity (Wildman–Crippen MR) is 65.3 cm³/mol. The summed E-state index contributed by atoms with van der Waals surface area (Å²) in [7, 11) is 3.63. The first-order chi connectivity index (χ1) is 7.35. The first-order valence-electron chi connectivity index (χ1n) is 5.42. The van der Waals surface area contributed by atoms with Crippen LogP contribution in [0.3, 0.4) is 0 Å². The highest BCUT2D eigenvalue weighted by molar-refractivity contribution is 5.47. The quantitative estimate of drug-likeness (QED) is 0.850. The van der Waals surface area contributed by atoms with Crippen molar-refractivity contribution in [2.75, 3.05) is 25.6 Å². The van der Waals surface area contributed by atoms with Crippen molar-refractivity contribution in [1.29, 1.82) is 0 Å². The molecule has 0 saturated heterocycles. The summed E-state index contributed by atoms with van der Waals surface area (Å²) in [5.74, 6) is -0.212. The van der Waals surface area contributed by atoms with Gasteiger partial charge in [0.25, 0.3) is 0 Å². The highest BCUT2D eigenvalue weighted by Crippen LogP contribution is 2.24. The lowest BCUT2D eigenvalue weighted by Crippen LogP contribution is -2.20. The van der Waals surface area contributed by atoms with Crippen LogP contribution in [-0.4, -0.2) is 25.8 Å². The fourth-order valence-corrected chi connectivity index (χ4v) is 1.63. The monoisotopic (exact) mass is 225 g/mol. The van der Waals surface area contributed by atoms with E-state index in [4.69, 9.17) is 5.11 Å². The SMILES string of the molecule is CN(C)c1ccc(CC(C)(C)CO)cc1F. The zero-order chi connectivity index (χ0) is 12.3. The van der Waals surface area contributed by atoms with Gasteiger partial charge in [-0.2, -0.15) is 0 Å². The summed E-state index contributed by atoms with van der Waals surface area (Å²) in [6.07, 6.45) is 0.675. The Balaban J connectivity index is 2.90. The van der Waals surface area contributed by atoms with Gasteiger partial charge in [-0.05, 0) is 29.5 Å². The van der Waals surface area contributed by atoms with Crippen molar-refractivity contribution in [3.63, 3.8) is 0 Å². The van der Waals surface area contributed by atoms with Crippen molar-refractivity contribution in [2.24, 2.45) is 5.41 Å². The molecule has 0 radical (unpaired) electrons. The Hall–Kier alpha value is -1.09. The van der Waals surface area contributed by atoms with E-state index < -0.39 is 0 Å². The Morgan fingerprint density at radius 2 is 1.94 bits per heavy atom. The van der Waals surface area contributed by atoms with Gasteiger partial charge in [0.15, 0.2) is 0 Å². The van der Waals surface area contributed by atoms with Crippen LogP contribution in [0.15, 0.2) is 18.2 Å². The lowest BCUT2D eigenvalue weighted by Gasteiger charge is -2.22. The number of hydrogen-bond acceptors (Lipinski definition) is 2. The van der Waals surface area contributed by atoms with E-state index in [1.807, 2.05) is 34.0 Å². The van der Waals surface area contributed by atoms with E-state index >= 15 is 0 Å². The third-order valence-electron chi connectivity index (χ3n) is 2.60. The van der Waals surface area contributed by atoms with Crippen LogP contribution in [0, 0.1) is 11.2 Å². The normalized spacial score (nSPS) is 11.6. The summed E-state index contributed by atoms with van der Waals surface area (Å²) >= 11 is 0. The van der Waals surface area contributed by atoms with Crippen LogP contribution >= 0.6 is 0 Å². The molecule has 2 nitrogen and oxygen atoms in total. The third-order valence-corrected chi connectivity index (χ3v) is 2.60. The topological polar surface area (TPSA) is 23.5 Å². The molecule has 0 fully saturated rings. The van der Waals surface area contributed by atoms with Gasteiger partial charge in [-0.25, -0.2) is 4.39 Å². The maximum absolute atomic E-state index is 13.7. The third kappa shape index (κ3) is 3.20. The van der Waals surface area contributed by atoms with Gasteiger partial charge < -0.3 is 10.0 Å². The second-order valence-corrected chi connectivity index (χ2v) is 5.18. The van der Waals surface area contributed by atoms with Crippen LogP contribution < -0.4 is 4.90 Å². The summed E-state index contributed by atoms with van der Waals surface area (Å²) in [5.41, 5.74) is 1.30. The van der Waals surface area contributed by atoms with Crippen molar-refractivity contribution in [3.05, 3.63) is 29.6 Å². The van der Waals surface area contributed by atoms with Crippen LogP contribution in [0.5, 0.6) is 0 Å². The van der Waals surface area contributed by atoms with Gasteiger partial charge in [0.05, 0.1) is 5.69 Å². The molecule has 0 aliphatic carbocycles. The number of anilines is 1. The molecular weight excluding hydrogens is 205 g/mol. The molecule has 0 unspecified atom stereocenters. The summed E-state index contributed by atoms with van der Waals surface area (Å²) in [5, 5.41) is 9.17. The fourth-order valence-electron chi connectivity index (χ4n) is 1.63. The van der Waals surface area contributed by atoms with Crippen LogP contribution in [0.25, 0.3) is 0 Å². The highest BCUT2D eigenvalue weighted by Gasteiger charge is 2.18. The second-order valence-electron chi connectivity index (χ2n) is 5.18. The molecule has 0 aliphatic heterocycles. The average molecular weight is 225 g/mol. The molecule has 1 N–H and O–H groups in total. The molecule has 0 saturated carbocycles. The number of aliphatic hydroxyl groups is 1. The number of aliphatic hydroxyl groups excluding tert-OH is 1. The van der Waals surface area contributed by atoms with Crippen LogP contribution in [0.4, 0.5) is 10.1 Å². The zero-order valence-electron chi connectivity index (χ0n) is 10.4. The molecule has 1 aromatic carbocycles. The van der Waals surface area contributed by atoms with Crippen LogP contribution in [0.2, 0.25) is 0 Å². The molecule has 0 spiro atoms. The number of halogens is 1. The van der Waals surface area contributed by atoms with Gasteiger partial charge in [-0.15, -0.1) is 0 Å². The minimum atomic E-state index is -0.212. The molecule has 90 valence electrons. The first kappa shape index (κ1) is 13.0. The van der Waals surface area contributed by atoms with Gasteiger partial charge in [-0.3, -0.25) is 0 Å². The smallest absolute Gasteiger partial charge is 0.146 e. The summed E-state index contributed by atoms with van der Waals surface area (Å²) < 4.78 is 13.7. The van der Waals surface area contributed by atoms with Crippen LogP contribution in [0.1, 0.15) is 19.4 Å². The van der Waals surface area contributed by atoms with E-state index in [9.17, 15) is 4.39 Å². The van der Waals surface area contributed by atoms with E-state index in [0.29, 0.717) is 12.1 Å². The van der Waals surface area contributed by atoms with E-state index in [2.05, 4.69) is 0 Å². The molecule has 0 aromatic heterocycles. The Bertz CT molecular complexity index is 361. The minimum Gasteiger partial charge on any atom is -0.396 e. The fraction of sp³-hybridized carbons (Fsp3) is 0.538. The molecule has 0 amide bonds. The molecule has 16 heavy (non-hydrogen) atoms. The van der Waals surface area contributed by atoms with Gasteiger partial charge in [0, 0.05) is 20.7 Å². The zero-order valence-corrected chi connectivity index (χ0v) is 10.4. The van der Waals surface area contributed by atoms with Crippen molar-refractivity contribution in [1.82, 2.24) is 0 Å². The Kier molecular flexibility index (Phi) is 3.92. The lowest BCUT2D eigenvalue weighted by atomic mass is 9.86. The average Bonchev–Trinajstić information content (AvgIpc) is 2.16. The lowest BCUT2D eigenvalue weighted by molar-refractivity contribution is 0.159. The molecule has 0 bridgehead atoms. The van der Waals surface area contributed by atoms with Crippen molar-refractivity contribution in [2.45, 2.75) is 20.3 Å². The maximum atomic E-state index is 13.7. The maximum Gasteiger partial charge on any atom is 0.146 e. The minimum absolute atomic E-state index is 0.101. The molecule has 0 atom stereocenters. The van der Waals surface area contributed by atoms with E-state index in [1.165, 1.54) is 0 Å². The summed E-state index contributed by atoms with van der Waals surface area (Å²) in [4.78, 5) is 1.75. The van der Waals surface area contributed by atoms with Gasteiger partial charge in [0.2, 0.25) is 0 Å². The highest BCUT2D eigenvalue weighted by atomic mass is 19.1. The molecule has 0 aliphatic rings. The molecule has 1 aromatic rings. The van der Waals surface area contributed by atoms with Gasteiger partial charge >= 0.3 is 0 Å². The molecule has 1 rings (SSSR count). The van der Waals surface area contributed by atoms with Gasteiger partial charge in [-0.1, -0.05) is 19.9 Å². The Labute approximate surface area is 96.7 Å². The van der Waals surface area contributed by atoms with Crippen LogP contribution in [-0.2, 0) is 6.42 Å². The van der Waals surface area contributed by atoms with Crippen molar-refractivity contribution in [3.8, 4) is 0 Å². The van der Waals surface area contributed by atoms with E-state index in [-0.39, 0.29) is 17.8 Å². The standard InChI is InChI=1S/C13H20FNO/c1-13(2,9-16)8-10-5-6-12(15(3)4)11(14)7-10/h5-7,16H,8-9H2,1-4H3. The molecule has 0 heterocycles. The van der Waals surface area contributed by atoms with Gasteiger partial charge in [0.1, 0.15) is 5.82 Å². The summed E-state index contributed by atoms with van der Waals surface area (Å²) in [6, 6.07) is 5.24. The van der Waals surface area contributed by atoms with E-state index in [0.717, 1.165) is 5.56 Å². The number of rotatable bonds is 4. The van der Waals surface area contributed by atoms with Crippen molar-refractivity contribution >= 4 is 5.69 Å². The number of nitrogens with zero attached hydrogens (tertiary/aromatic N) is 1.